The van der Waals surface area contributed by atoms with Gasteiger partial charge in [0.2, 0.25) is 5.91 Å². The van der Waals surface area contributed by atoms with E-state index in [0.717, 1.165) is 40.9 Å². The fraction of sp³-hybridized carbons (Fsp3) is 0.364. The number of aromatic nitrogens is 2. The van der Waals surface area contributed by atoms with Gasteiger partial charge in [0, 0.05) is 30.5 Å². The summed E-state index contributed by atoms with van der Waals surface area (Å²) in [5.41, 5.74) is 3.08. The van der Waals surface area contributed by atoms with Gasteiger partial charge in [0.1, 0.15) is 11.6 Å². The minimum absolute atomic E-state index is 0.0691. The summed E-state index contributed by atoms with van der Waals surface area (Å²) in [5, 5.41) is 4.02. The number of para-hydroxylation sites is 1. The van der Waals surface area contributed by atoms with Crippen LogP contribution in [0, 0.1) is 11.8 Å². The molecule has 0 saturated heterocycles. The molecule has 4 rings (SSSR count). The average Bonchev–Trinajstić information content (AvgIpc) is 3.36. The maximum absolute atomic E-state index is 12.5. The highest BCUT2D eigenvalue weighted by molar-refractivity contribution is 5.96. The Morgan fingerprint density at radius 2 is 2.11 bits per heavy atom. The highest BCUT2D eigenvalue weighted by Gasteiger charge is 2.43. The molecule has 1 aromatic carbocycles. The van der Waals surface area contributed by atoms with Gasteiger partial charge in [0.25, 0.3) is 0 Å². The molecular weight excluding hydrogens is 352 g/mol. The van der Waals surface area contributed by atoms with Gasteiger partial charge in [-0.3, -0.25) is 4.79 Å². The molecule has 2 atom stereocenters. The molecule has 2 heterocycles. The van der Waals surface area contributed by atoms with Gasteiger partial charge >= 0.3 is 0 Å². The summed E-state index contributed by atoms with van der Waals surface area (Å²) in [6.45, 7) is 0.950. The second-order valence-electron chi connectivity index (χ2n) is 7.77. The molecular formula is C22H26N4O2. The molecule has 1 N–H and O–H groups in total. The number of rotatable bonds is 6. The number of amides is 1. The van der Waals surface area contributed by atoms with E-state index in [1.807, 2.05) is 57.7 Å². The van der Waals surface area contributed by atoms with Gasteiger partial charge in [-0.2, -0.15) is 0 Å². The van der Waals surface area contributed by atoms with Crippen molar-refractivity contribution in [3.8, 4) is 17.0 Å². The van der Waals surface area contributed by atoms with Crippen LogP contribution in [0.4, 0.5) is 5.82 Å². The van der Waals surface area contributed by atoms with Crippen LogP contribution in [0.1, 0.15) is 6.42 Å². The first kappa shape index (κ1) is 18.5. The third-order valence-electron chi connectivity index (χ3n) is 5.42. The van der Waals surface area contributed by atoms with E-state index in [1.165, 1.54) is 0 Å². The van der Waals surface area contributed by atoms with Crippen LogP contribution in [-0.4, -0.2) is 48.1 Å². The summed E-state index contributed by atoms with van der Waals surface area (Å²) >= 11 is 0. The first-order valence-corrected chi connectivity index (χ1v) is 9.52. The molecule has 6 nitrogen and oxygen atoms in total. The summed E-state index contributed by atoms with van der Waals surface area (Å²) in [6.07, 6.45) is 2.77. The number of carbonyl (C=O) groups is 1. The Balaban J connectivity index is 1.58. The number of nitrogens with zero attached hydrogens (tertiary/aromatic N) is 3. The van der Waals surface area contributed by atoms with Crippen LogP contribution in [0.5, 0.6) is 5.75 Å². The second-order valence-corrected chi connectivity index (χ2v) is 7.77. The number of pyridine rings is 1. The van der Waals surface area contributed by atoms with E-state index in [-0.39, 0.29) is 11.8 Å². The van der Waals surface area contributed by atoms with Crippen LogP contribution < -0.4 is 10.1 Å². The minimum atomic E-state index is 0.0691. The number of aryl methyl sites for hydroxylation is 1. The monoisotopic (exact) mass is 378 g/mol. The molecule has 0 aliphatic heterocycles. The Kier molecular flexibility index (Phi) is 4.81. The van der Waals surface area contributed by atoms with Crippen molar-refractivity contribution in [2.24, 2.45) is 18.9 Å². The van der Waals surface area contributed by atoms with Crippen LogP contribution in [0.25, 0.3) is 22.2 Å². The number of nitrogens with one attached hydrogen (secondary N) is 1. The molecule has 1 amide bonds. The SMILES string of the molecule is COc1ccccc1-c1cc2cc(NC(=O)[C@H]3C[C@@H]3CN(C)C)ncc2n1C. The molecule has 6 heteroatoms. The number of fused-ring (bicyclic) bond motifs is 1. The van der Waals surface area contributed by atoms with Crippen LogP contribution in [0.2, 0.25) is 0 Å². The lowest BCUT2D eigenvalue weighted by atomic mass is 10.1. The van der Waals surface area contributed by atoms with Crippen molar-refractivity contribution >= 4 is 22.6 Å². The Bertz CT molecular complexity index is 1020. The highest BCUT2D eigenvalue weighted by Crippen LogP contribution is 2.40. The number of anilines is 1. The van der Waals surface area contributed by atoms with Crippen molar-refractivity contribution in [2.75, 3.05) is 33.1 Å². The van der Waals surface area contributed by atoms with E-state index in [2.05, 4.69) is 25.8 Å². The zero-order valence-corrected chi connectivity index (χ0v) is 16.8. The van der Waals surface area contributed by atoms with Crippen molar-refractivity contribution in [3.05, 3.63) is 42.6 Å². The predicted octanol–water partition coefficient (Wildman–Crippen LogP) is 3.39. The van der Waals surface area contributed by atoms with Crippen LogP contribution >= 0.6 is 0 Å². The molecule has 3 aromatic rings. The summed E-state index contributed by atoms with van der Waals surface area (Å²) in [5.74, 6) is 2.05. The molecule has 1 saturated carbocycles. The summed E-state index contributed by atoms with van der Waals surface area (Å²) in [6, 6.07) is 12.0. The third-order valence-corrected chi connectivity index (χ3v) is 5.42. The van der Waals surface area contributed by atoms with Gasteiger partial charge < -0.3 is 19.5 Å². The Morgan fingerprint density at radius 1 is 1.32 bits per heavy atom. The summed E-state index contributed by atoms with van der Waals surface area (Å²) in [4.78, 5) is 19.1. The van der Waals surface area contributed by atoms with Gasteiger partial charge in [0.05, 0.1) is 24.5 Å². The van der Waals surface area contributed by atoms with E-state index >= 15 is 0 Å². The van der Waals surface area contributed by atoms with E-state index in [4.69, 9.17) is 4.74 Å². The van der Waals surface area contributed by atoms with Crippen molar-refractivity contribution in [1.29, 1.82) is 0 Å². The van der Waals surface area contributed by atoms with E-state index < -0.39 is 0 Å². The van der Waals surface area contributed by atoms with Crippen LogP contribution in [0.3, 0.4) is 0 Å². The lowest BCUT2D eigenvalue weighted by molar-refractivity contribution is -0.117. The quantitative estimate of drug-likeness (QED) is 0.714. The summed E-state index contributed by atoms with van der Waals surface area (Å²) < 4.78 is 7.61. The van der Waals surface area contributed by atoms with Crippen molar-refractivity contribution in [2.45, 2.75) is 6.42 Å². The maximum Gasteiger partial charge on any atom is 0.228 e. The second kappa shape index (κ2) is 7.28. The zero-order valence-electron chi connectivity index (χ0n) is 16.8. The van der Waals surface area contributed by atoms with Gasteiger partial charge in [0.15, 0.2) is 0 Å². The van der Waals surface area contributed by atoms with Gasteiger partial charge in [-0.05, 0) is 50.7 Å². The van der Waals surface area contributed by atoms with E-state index in [9.17, 15) is 4.79 Å². The number of ether oxygens (including phenoxy) is 1. The highest BCUT2D eigenvalue weighted by atomic mass is 16.5. The molecule has 28 heavy (non-hydrogen) atoms. The molecule has 146 valence electrons. The molecule has 1 fully saturated rings. The smallest absolute Gasteiger partial charge is 0.228 e. The fourth-order valence-electron chi connectivity index (χ4n) is 3.87. The Morgan fingerprint density at radius 3 is 2.86 bits per heavy atom. The number of benzene rings is 1. The molecule has 1 aliphatic carbocycles. The molecule has 0 spiro atoms. The normalized spacial score (nSPS) is 18.5. The first-order chi connectivity index (χ1) is 13.5. The average molecular weight is 378 g/mol. The first-order valence-electron chi connectivity index (χ1n) is 9.52. The molecule has 0 bridgehead atoms. The number of carbonyl (C=O) groups excluding carboxylic acids is 1. The largest absolute Gasteiger partial charge is 0.496 e. The maximum atomic E-state index is 12.5. The fourth-order valence-corrected chi connectivity index (χ4v) is 3.87. The van der Waals surface area contributed by atoms with Gasteiger partial charge in [-0.1, -0.05) is 12.1 Å². The molecule has 0 unspecified atom stereocenters. The van der Waals surface area contributed by atoms with Gasteiger partial charge in [-0.15, -0.1) is 0 Å². The van der Waals surface area contributed by atoms with E-state index in [1.54, 1.807) is 7.11 Å². The van der Waals surface area contributed by atoms with Crippen molar-refractivity contribution < 1.29 is 9.53 Å². The Labute approximate surface area is 165 Å². The zero-order chi connectivity index (χ0) is 19.8. The summed E-state index contributed by atoms with van der Waals surface area (Å²) in [7, 11) is 7.77. The van der Waals surface area contributed by atoms with Crippen LogP contribution in [0.15, 0.2) is 42.6 Å². The standard InChI is InChI=1S/C22H26N4O2/c1-25(2)13-15-9-17(15)22(27)24-21-11-14-10-18(26(3)19(14)12-23-21)16-7-5-6-8-20(16)28-4/h5-8,10-12,15,17H,9,13H2,1-4H3,(H,23,24,27)/t15-,17+/m1/s1. The minimum Gasteiger partial charge on any atom is -0.496 e. The van der Waals surface area contributed by atoms with E-state index in [0.29, 0.717) is 11.7 Å². The molecule has 1 aliphatic rings. The molecule has 0 radical (unpaired) electrons. The lowest BCUT2D eigenvalue weighted by Gasteiger charge is -2.09. The third kappa shape index (κ3) is 3.47. The van der Waals surface area contributed by atoms with Crippen LogP contribution in [-0.2, 0) is 11.8 Å². The van der Waals surface area contributed by atoms with Crippen molar-refractivity contribution in [1.82, 2.24) is 14.5 Å². The number of methoxy groups -OCH3 is 1. The predicted molar refractivity (Wildman–Crippen MR) is 111 cm³/mol. The number of hydrogen-bond acceptors (Lipinski definition) is 4. The lowest BCUT2D eigenvalue weighted by Crippen LogP contribution is -2.20. The molecule has 2 aromatic heterocycles. The van der Waals surface area contributed by atoms with Crippen molar-refractivity contribution in [3.63, 3.8) is 0 Å². The number of hydrogen-bond donors (Lipinski definition) is 1. The van der Waals surface area contributed by atoms with Gasteiger partial charge in [-0.25, -0.2) is 4.98 Å². The Hall–Kier alpha value is -2.86. The topological polar surface area (TPSA) is 59.4 Å².